The molecule has 2 nitrogen and oxygen atoms in total. The van der Waals surface area contributed by atoms with Crippen molar-refractivity contribution in [2.24, 2.45) is 0 Å². The van der Waals surface area contributed by atoms with Crippen LogP contribution in [0.15, 0.2) is 18.2 Å². The second-order valence-electron chi connectivity index (χ2n) is 3.12. The number of thioether (sulfide) groups is 1. The number of anilines is 1. The van der Waals surface area contributed by atoms with Gasteiger partial charge in [-0.05, 0) is 30.9 Å². The van der Waals surface area contributed by atoms with Crippen LogP contribution in [0.1, 0.15) is 5.56 Å². The molecule has 1 N–H and O–H groups in total. The van der Waals surface area contributed by atoms with Gasteiger partial charge in [-0.3, -0.25) is 0 Å². The summed E-state index contributed by atoms with van der Waals surface area (Å²) < 4.78 is 5.26. The minimum absolute atomic E-state index is 0.914. The average Bonchev–Trinajstić information content (AvgIpc) is 2.19. The molecule has 0 bridgehead atoms. The first-order valence-corrected chi connectivity index (χ1v) is 6.04. The molecule has 0 aliphatic heterocycles. The molecule has 0 amide bonds. The number of aryl methyl sites for hydroxylation is 1. The summed E-state index contributed by atoms with van der Waals surface area (Å²) in [5.74, 6) is 2.02. The van der Waals surface area contributed by atoms with Crippen molar-refractivity contribution in [3.63, 3.8) is 0 Å². The van der Waals surface area contributed by atoms with Gasteiger partial charge in [0.25, 0.3) is 0 Å². The Kier molecular flexibility index (Phi) is 4.66. The molecule has 1 aromatic carbocycles. The van der Waals surface area contributed by atoms with Gasteiger partial charge in [-0.2, -0.15) is 11.8 Å². The topological polar surface area (TPSA) is 21.3 Å². The third-order valence-electron chi connectivity index (χ3n) is 1.98. The summed E-state index contributed by atoms with van der Waals surface area (Å²) in [7, 11) is 1.70. The van der Waals surface area contributed by atoms with E-state index in [2.05, 4.69) is 30.6 Å². The molecule has 14 heavy (non-hydrogen) atoms. The fraction of sp³-hybridized carbons (Fsp3) is 0.455. The van der Waals surface area contributed by atoms with Gasteiger partial charge in [0.05, 0.1) is 12.8 Å². The lowest BCUT2D eigenvalue weighted by molar-refractivity contribution is 0.416. The first-order valence-electron chi connectivity index (χ1n) is 4.65. The third kappa shape index (κ3) is 3.14. The van der Waals surface area contributed by atoms with Gasteiger partial charge in [-0.1, -0.05) is 6.07 Å². The molecule has 0 heterocycles. The Morgan fingerprint density at radius 3 is 2.86 bits per heavy atom. The molecule has 0 saturated heterocycles. The molecular weight excluding hydrogens is 194 g/mol. The minimum Gasteiger partial charge on any atom is -0.495 e. The van der Waals surface area contributed by atoms with E-state index in [9.17, 15) is 0 Å². The molecule has 0 aliphatic rings. The molecule has 0 atom stereocenters. The molecule has 1 rings (SSSR count). The Morgan fingerprint density at radius 2 is 2.21 bits per heavy atom. The van der Waals surface area contributed by atoms with E-state index in [0.717, 1.165) is 23.7 Å². The number of benzene rings is 1. The van der Waals surface area contributed by atoms with Crippen LogP contribution < -0.4 is 10.1 Å². The van der Waals surface area contributed by atoms with Crippen LogP contribution in [0.4, 0.5) is 5.69 Å². The van der Waals surface area contributed by atoms with Crippen LogP contribution in [-0.4, -0.2) is 25.7 Å². The number of hydrogen-bond donors (Lipinski definition) is 1. The molecule has 0 unspecified atom stereocenters. The number of methoxy groups -OCH3 is 1. The Morgan fingerprint density at radius 1 is 1.43 bits per heavy atom. The van der Waals surface area contributed by atoms with Crippen molar-refractivity contribution in [1.29, 1.82) is 0 Å². The predicted octanol–water partition coefficient (Wildman–Crippen LogP) is 2.78. The Bertz CT molecular complexity index is 289. The molecule has 3 heteroatoms. The van der Waals surface area contributed by atoms with Gasteiger partial charge in [0.15, 0.2) is 0 Å². The summed E-state index contributed by atoms with van der Waals surface area (Å²) in [6, 6.07) is 6.16. The van der Waals surface area contributed by atoms with Crippen molar-refractivity contribution < 1.29 is 4.74 Å². The van der Waals surface area contributed by atoms with E-state index in [1.807, 2.05) is 17.8 Å². The summed E-state index contributed by atoms with van der Waals surface area (Å²) in [5.41, 5.74) is 2.33. The molecule has 0 spiro atoms. The minimum atomic E-state index is 0.914. The number of hydrogen-bond acceptors (Lipinski definition) is 3. The van der Waals surface area contributed by atoms with Crippen LogP contribution in [0.2, 0.25) is 0 Å². The van der Waals surface area contributed by atoms with Gasteiger partial charge < -0.3 is 10.1 Å². The standard InChI is InChI=1S/C11H17NOS/c1-9-4-5-11(13-2)10(8-9)12-6-7-14-3/h4-5,8,12H,6-7H2,1-3H3. The maximum Gasteiger partial charge on any atom is 0.141 e. The lowest BCUT2D eigenvalue weighted by atomic mass is 10.2. The van der Waals surface area contributed by atoms with Crippen molar-refractivity contribution in [2.45, 2.75) is 6.92 Å². The third-order valence-corrected chi connectivity index (χ3v) is 2.59. The maximum absolute atomic E-state index is 5.26. The van der Waals surface area contributed by atoms with Crippen molar-refractivity contribution in [3.05, 3.63) is 23.8 Å². The van der Waals surface area contributed by atoms with E-state index in [0.29, 0.717) is 0 Å². The second kappa shape index (κ2) is 5.81. The predicted molar refractivity (Wildman–Crippen MR) is 64.6 cm³/mol. The van der Waals surface area contributed by atoms with Crippen molar-refractivity contribution in [3.8, 4) is 5.75 Å². The summed E-state index contributed by atoms with van der Waals surface area (Å²) in [6.07, 6.45) is 2.11. The highest BCUT2D eigenvalue weighted by Crippen LogP contribution is 2.24. The molecule has 0 radical (unpaired) electrons. The largest absolute Gasteiger partial charge is 0.495 e. The van der Waals surface area contributed by atoms with Gasteiger partial charge >= 0.3 is 0 Å². The van der Waals surface area contributed by atoms with Crippen LogP contribution in [0.5, 0.6) is 5.75 Å². The van der Waals surface area contributed by atoms with E-state index >= 15 is 0 Å². The molecule has 0 fully saturated rings. The normalized spacial score (nSPS) is 9.93. The Labute approximate surface area is 90.0 Å². The van der Waals surface area contributed by atoms with Crippen molar-refractivity contribution in [1.82, 2.24) is 0 Å². The molecule has 0 aliphatic carbocycles. The maximum atomic E-state index is 5.26. The molecule has 0 saturated carbocycles. The van der Waals surface area contributed by atoms with Gasteiger partial charge in [-0.25, -0.2) is 0 Å². The van der Waals surface area contributed by atoms with E-state index in [1.54, 1.807) is 7.11 Å². The zero-order valence-corrected chi connectivity index (χ0v) is 9.78. The Hall–Kier alpha value is -0.830. The van der Waals surface area contributed by atoms with E-state index in [-0.39, 0.29) is 0 Å². The van der Waals surface area contributed by atoms with Gasteiger partial charge in [0.2, 0.25) is 0 Å². The SMILES string of the molecule is COc1ccc(C)cc1NCCSC. The highest BCUT2D eigenvalue weighted by Gasteiger charge is 2.01. The van der Waals surface area contributed by atoms with Crippen LogP contribution in [0.25, 0.3) is 0 Å². The first-order chi connectivity index (χ1) is 6.77. The zero-order valence-electron chi connectivity index (χ0n) is 8.96. The second-order valence-corrected chi connectivity index (χ2v) is 4.11. The monoisotopic (exact) mass is 211 g/mol. The highest BCUT2D eigenvalue weighted by molar-refractivity contribution is 7.98. The average molecular weight is 211 g/mol. The smallest absolute Gasteiger partial charge is 0.141 e. The number of rotatable bonds is 5. The van der Waals surface area contributed by atoms with Crippen LogP contribution in [-0.2, 0) is 0 Å². The van der Waals surface area contributed by atoms with Crippen LogP contribution in [0, 0.1) is 6.92 Å². The van der Waals surface area contributed by atoms with E-state index in [4.69, 9.17) is 4.74 Å². The van der Waals surface area contributed by atoms with Gasteiger partial charge in [-0.15, -0.1) is 0 Å². The van der Waals surface area contributed by atoms with Crippen LogP contribution >= 0.6 is 11.8 Å². The lowest BCUT2D eigenvalue weighted by Crippen LogP contribution is -2.05. The van der Waals surface area contributed by atoms with Crippen molar-refractivity contribution >= 4 is 17.4 Å². The molecule has 78 valence electrons. The quantitative estimate of drug-likeness (QED) is 0.757. The summed E-state index contributed by atoms with van der Waals surface area (Å²) in [6.45, 7) is 3.06. The first kappa shape index (κ1) is 11.2. The van der Waals surface area contributed by atoms with Crippen molar-refractivity contribution in [2.75, 3.05) is 31.0 Å². The Balaban J connectivity index is 2.67. The van der Waals surface area contributed by atoms with Crippen LogP contribution in [0.3, 0.4) is 0 Å². The van der Waals surface area contributed by atoms with Gasteiger partial charge in [0, 0.05) is 12.3 Å². The fourth-order valence-corrected chi connectivity index (χ4v) is 1.55. The summed E-state index contributed by atoms with van der Waals surface area (Å²) in [5, 5.41) is 3.36. The lowest BCUT2D eigenvalue weighted by Gasteiger charge is -2.11. The zero-order chi connectivity index (χ0) is 10.4. The number of ether oxygens (including phenoxy) is 1. The van der Waals surface area contributed by atoms with Gasteiger partial charge in [0.1, 0.15) is 5.75 Å². The molecule has 1 aromatic rings. The summed E-state index contributed by atoms with van der Waals surface area (Å²) >= 11 is 1.84. The fourth-order valence-electron chi connectivity index (χ4n) is 1.25. The molecular formula is C11H17NOS. The van der Waals surface area contributed by atoms with E-state index < -0.39 is 0 Å². The van der Waals surface area contributed by atoms with E-state index in [1.165, 1.54) is 5.56 Å². The summed E-state index contributed by atoms with van der Waals surface area (Å²) in [4.78, 5) is 0. The number of nitrogens with one attached hydrogen (secondary N) is 1. The molecule has 0 aromatic heterocycles. The highest BCUT2D eigenvalue weighted by atomic mass is 32.2.